The van der Waals surface area contributed by atoms with Crippen LogP contribution in [0.1, 0.15) is 36.0 Å². The molecule has 1 saturated carbocycles. The zero-order chi connectivity index (χ0) is 16.9. The summed E-state index contributed by atoms with van der Waals surface area (Å²) in [5, 5.41) is 2.98. The number of amides is 1. The molecule has 2 rings (SSSR count). The molecule has 0 saturated heterocycles. The quantitative estimate of drug-likeness (QED) is 0.631. The van der Waals surface area contributed by atoms with E-state index in [9.17, 15) is 13.2 Å². The number of hydrogen-bond donors (Lipinski definition) is 3. The summed E-state index contributed by atoms with van der Waals surface area (Å²) >= 11 is 0. The fourth-order valence-corrected chi connectivity index (χ4v) is 3.85. The molecule has 4 N–H and O–H groups in total. The van der Waals surface area contributed by atoms with Gasteiger partial charge in [0.2, 0.25) is 10.0 Å². The first-order valence-corrected chi connectivity index (χ1v) is 9.14. The molecular formula is C16H24ClN3O3S. The van der Waals surface area contributed by atoms with Gasteiger partial charge in [0.1, 0.15) is 0 Å². The largest absolute Gasteiger partial charge is 0.345 e. The Hall–Kier alpha value is -1.41. The molecule has 0 atom stereocenters. The molecule has 134 valence electrons. The van der Waals surface area contributed by atoms with Gasteiger partial charge in [0.15, 0.2) is 0 Å². The summed E-state index contributed by atoms with van der Waals surface area (Å²) in [6, 6.07) is 5.98. The molecule has 1 aromatic rings. The maximum atomic E-state index is 12.5. The Kier molecular flexibility index (Phi) is 7.41. The summed E-state index contributed by atoms with van der Waals surface area (Å²) in [4.78, 5) is 12.5. The number of sulfonamides is 1. The number of halogens is 1. The van der Waals surface area contributed by atoms with Gasteiger partial charge >= 0.3 is 0 Å². The molecule has 1 aliphatic carbocycles. The van der Waals surface area contributed by atoms with Crippen LogP contribution >= 0.6 is 12.4 Å². The van der Waals surface area contributed by atoms with Gasteiger partial charge < -0.3 is 11.1 Å². The third-order valence-electron chi connectivity index (χ3n) is 4.15. The van der Waals surface area contributed by atoms with E-state index in [-0.39, 0.29) is 35.3 Å². The smallest absolute Gasteiger partial charge is 0.251 e. The highest BCUT2D eigenvalue weighted by atomic mass is 35.5. The van der Waals surface area contributed by atoms with Gasteiger partial charge in [-0.05, 0) is 31.0 Å². The molecular weight excluding hydrogens is 350 g/mol. The van der Waals surface area contributed by atoms with Crippen LogP contribution in [0.15, 0.2) is 41.8 Å². The summed E-state index contributed by atoms with van der Waals surface area (Å²) in [5.41, 5.74) is 5.76. The topological polar surface area (TPSA) is 101 Å². The van der Waals surface area contributed by atoms with Gasteiger partial charge in [-0.15, -0.1) is 19.0 Å². The molecule has 1 fully saturated rings. The van der Waals surface area contributed by atoms with E-state index in [4.69, 9.17) is 5.73 Å². The molecule has 1 amide bonds. The second-order valence-electron chi connectivity index (χ2n) is 5.81. The number of carbonyl (C=O) groups excluding carboxylic acids is 1. The predicted octanol–water partition coefficient (Wildman–Crippen LogP) is 1.57. The van der Waals surface area contributed by atoms with Crippen LogP contribution in [-0.4, -0.2) is 33.0 Å². The SMILES string of the molecule is C=CCNS(=O)(=O)c1cccc(C(=O)NC2(CN)CCCC2)c1.Cl. The molecule has 0 aliphatic heterocycles. The van der Waals surface area contributed by atoms with Crippen LogP contribution in [0.5, 0.6) is 0 Å². The Morgan fingerprint density at radius 1 is 1.33 bits per heavy atom. The van der Waals surface area contributed by atoms with Crippen molar-refractivity contribution < 1.29 is 13.2 Å². The highest BCUT2D eigenvalue weighted by Gasteiger charge is 2.34. The van der Waals surface area contributed by atoms with Crippen molar-refractivity contribution in [2.75, 3.05) is 13.1 Å². The van der Waals surface area contributed by atoms with Gasteiger partial charge in [-0.2, -0.15) is 0 Å². The van der Waals surface area contributed by atoms with Crippen molar-refractivity contribution in [3.05, 3.63) is 42.5 Å². The highest BCUT2D eigenvalue weighted by Crippen LogP contribution is 2.29. The monoisotopic (exact) mass is 373 g/mol. The van der Waals surface area contributed by atoms with Gasteiger partial charge in [0.25, 0.3) is 5.91 Å². The van der Waals surface area contributed by atoms with E-state index in [1.165, 1.54) is 18.2 Å². The third-order valence-corrected chi connectivity index (χ3v) is 5.58. The van der Waals surface area contributed by atoms with Crippen molar-refractivity contribution in [1.29, 1.82) is 0 Å². The first kappa shape index (κ1) is 20.6. The van der Waals surface area contributed by atoms with Crippen LogP contribution in [0.25, 0.3) is 0 Å². The molecule has 0 radical (unpaired) electrons. The second-order valence-corrected chi connectivity index (χ2v) is 7.58. The lowest BCUT2D eigenvalue weighted by Crippen LogP contribution is -2.51. The van der Waals surface area contributed by atoms with E-state index in [1.807, 2.05) is 0 Å². The fraction of sp³-hybridized carbons (Fsp3) is 0.438. The number of nitrogens with one attached hydrogen (secondary N) is 2. The molecule has 0 unspecified atom stereocenters. The summed E-state index contributed by atoms with van der Waals surface area (Å²) in [6.45, 7) is 4.00. The molecule has 0 aromatic heterocycles. The van der Waals surface area contributed by atoms with E-state index in [0.29, 0.717) is 12.1 Å². The lowest BCUT2D eigenvalue weighted by atomic mass is 9.97. The molecule has 1 aromatic carbocycles. The van der Waals surface area contributed by atoms with Crippen LogP contribution in [0.4, 0.5) is 0 Å². The molecule has 1 aliphatic rings. The lowest BCUT2D eigenvalue weighted by Gasteiger charge is -2.28. The van der Waals surface area contributed by atoms with E-state index in [2.05, 4.69) is 16.6 Å². The standard InChI is InChI=1S/C16H23N3O3S.ClH/c1-2-10-18-23(21,22)14-7-5-6-13(11-14)15(20)19-16(12-17)8-3-4-9-16;/h2,5-7,11,18H,1,3-4,8-10,12,17H2,(H,19,20);1H. The van der Waals surface area contributed by atoms with Crippen LogP contribution < -0.4 is 15.8 Å². The summed E-state index contributed by atoms with van der Waals surface area (Å²) in [7, 11) is -3.65. The number of benzene rings is 1. The summed E-state index contributed by atoms with van der Waals surface area (Å²) in [6.07, 6.45) is 5.25. The Bertz CT molecular complexity index is 686. The number of carbonyl (C=O) groups is 1. The molecule has 8 heteroatoms. The number of nitrogens with two attached hydrogens (primary N) is 1. The normalized spacial score (nSPS) is 16.2. The first-order valence-electron chi connectivity index (χ1n) is 7.66. The van der Waals surface area contributed by atoms with Gasteiger partial charge in [0.05, 0.1) is 10.4 Å². The highest BCUT2D eigenvalue weighted by molar-refractivity contribution is 7.89. The van der Waals surface area contributed by atoms with Crippen LogP contribution in [0, 0.1) is 0 Å². The summed E-state index contributed by atoms with van der Waals surface area (Å²) in [5.74, 6) is -0.293. The van der Waals surface area contributed by atoms with E-state index < -0.39 is 10.0 Å². The van der Waals surface area contributed by atoms with Crippen molar-refractivity contribution >= 4 is 28.3 Å². The van der Waals surface area contributed by atoms with Crippen LogP contribution in [0.2, 0.25) is 0 Å². The second kappa shape index (κ2) is 8.62. The van der Waals surface area contributed by atoms with E-state index in [1.54, 1.807) is 12.1 Å². The van der Waals surface area contributed by atoms with Gasteiger partial charge in [-0.3, -0.25) is 4.79 Å². The van der Waals surface area contributed by atoms with Gasteiger partial charge in [-0.25, -0.2) is 13.1 Å². The summed E-state index contributed by atoms with van der Waals surface area (Å²) < 4.78 is 26.6. The Morgan fingerprint density at radius 2 is 2.00 bits per heavy atom. The third kappa shape index (κ3) is 4.80. The molecule has 6 nitrogen and oxygen atoms in total. The minimum Gasteiger partial charge on any atom is -0.345 e. The zero-order valence-corrected chi connectivity index (χ0v) is 15.1. The van der Waals surface area contributed by atoms with Crippen molar-refractivity contribution in [2.45, 2.75) is 36.1 Å². The predicted molar refractivity (Wildman–Crippen MR) is 96.8 cm³/mol. The lowest BCUT2D eigenvalue weighted by molar-refractivity contribution is 0.0903. The minimum atomic E-state index is -3.65. The van der Waals surface area contributed by atoms with E-state index in [0.717, 1.165) is 25.7 Å². The number of rotatable bonds is 7. The number of hydrogen-bond acceptors (Lipinski definition) is 4. The van der Waals surface area contributed by atoms with Gasteiger partial charge in [0, 0.05) is 18.7 Å². The van der Waals surface area contributed by atoms with Crippen molar-refractivity contribution in [3.8, 4) is 0 Å². The maximum absolute atomic E-state index is 12.5. The van der Waals surface area contributed by atoms with Crippen molar-refractivity contribution in [2.24, 2.45) is 5.73 Å². The average molecular weight is 374 g/mol. The first-order chi connectivity index (χ1) is 10.9. The van der Waals surface area contributed by atoms with Crippen molar-refractivity contribution in [3.63, 3.8) is 0 Å². The minimum absolute atomic E-state index is 0. The fourth-order valence-electron chi connectivity index (χ4n) is 2.80. The molecule has 0 spiro atoms. The molecule has 24 heavy (non-hydrogen) atoms. The molecule has 0 bridgehead atoms. The van der Waals surface area contributed by atoms with Crippen LogP contribution in [-0.2, 0) is 10.0 Å². The van der Waals surface area contributed by atoms with Crippen molar-refractivity contribution in [1.82, 2.24) is 10.0 Å². The Morgan fingerprint density at radius 3 is 2.58 bits per heavy atom. The Labute approximate surface area is 149 Å². The Balaban J connectivity index is 0.00000288. The molecule has 0 heterocycles. The average Bonchev–Trinajstić information content (AvgIpc) is 3.02. The maximum Gasteiger partial charge on any atom is 0.251 e. The zero-order valence-electron chi connectivity index (χ0n) is 13.5. The van der Waals surface area contributed by atoms with Gasteiger partial charge in [-0.1, -0.05) is 25.0 Å². The van der Waals surface area contributed by atoms with Crippen LogP contribution in [0.3, 0.4) is 0 Å². The van der Waals surface area contributed by atoms with E-state index >= 15 is 0 Å².